The molecule has 0 radical (unpaired) electrons. The Hall–Kier alpha value is -3.91. The van der Waals surface area contributed by atoms with Gasteiger partial charge in [0.15, 0.2) is 4.91 Å². The van der Waals surface area contributed by atoms with Crippen LogP contribution >= 0.6 is 0 Å². The Morgan fingerprint density at radius 3 is 2.26 bits per heavy atom. The zero-order valence-electron chi connectivity index (χ0n) is 16.5. The van der Waals surface area contributed by atoms with E-state index in [0.717, 1.165) is 0 Å². The second-order valence-corrected chi connectivity index (χ2v) is 8.58. The van der Waals surface area contributed by atoms with E-state index in [-0.39, 0.29) is 21.1 Å². The smallest absolute Gasteiger partial charge is 0.337 e. The molecule has 8 heteroatoms. The summed E-state index contributed by atoms with van der Waals surface area (Å²) in [4.78, 5) is 24.6. The molecule has 0 saturated carbocycles. The molecule has 4 rings (SSSR count). The third-order valence-electron chi connectivity index (χ3n) is 4.73. The first-order valence-corrected chi connectivity index (χ1v) is 10.8. The summed E-state index contributed by atoms with van der Waals surface area (Å²) in [5, 5.41) is 5.66. The van der Waals surface area contributed by atoms with Crippen LogP contribution in [0.5, 0.6) is 0 Å². The number of esters is 1. The van der Waals surface area contributed by atoms with Crippen molar-refractivity contribution < 1.29 is 22.7 Å². The van der Waals surface area contributed by atoms with Crippen molar-refractivity contribution in [3.63, 3.8) is 0 Å². The van der Waals surface area contributed by atoms with Crippen LogP contribution < -0.4 is 10.6 Å². The number of ether oxygens (including phenoxy) is 1. The first-order chi connectivity index (χ1) is 14.9. The van der Waals surface area contributed by atoms with Crippen LogP contribution in [0, 0.1) is 0 Å². The molecule has 0 fully saturated rings. The highest BCUT2D eigenvalue weighted by Crippen LogP contribution is 2.40. The van der Waals surface area contributed by atoms with Gasteiger partial charge >= 0.3 is 5.97 Å². The fourth-order valence-electron chi connectivity index (χ4n) is 3.33. The third kappa shape index (κ3) is 3.80. The van der Waals surface area contributed by atoms with Crippen LogP contribution in [0.15, 0.2) is 88.7 Å². The number of anilines is 2. The maximum atomic E-state index is 13.2. The average molecular weight is 434 g/mol. The Morgan fingerprint density at radius 1 is 0.839 bits per heavy atom. The van der Waals surface area contributed by atoms with Crippen molar-refractivity contribution in [2.45, 2.75) is 4.90 Å². The normalized spacial score (nSPS) is 14.0. The number of carbonyl (C=O) groups excluding carboxylic acids is 2. The van der Waals surface area contributed by atoms with Gasteiger partial charge in [0.2, 0.25) is 9.84 Å². The largest absolute Gasteiger partial charge is 0.465 e. The van der Waals surface area contributed by atoms with Crippen molar-refractivity contribution in [1.29, 1.82) is 0 Å². The molecule has 0 spiro atoms. The average Bonchev–Trinajstić information content (AvgIpc) is 3.00. The van der Waals surface area contributed by atoms with Crippen LogP contribution in [0.1, 0.15) is 15.9 Å². The van der Waals surface area contributed by atoms with E-state index in [0.29, 0.717) is 16.9 Å². The van der Waals surface area contributed by atoms with Gasteiger partial charge in [0.05, 0.1) is 23.3 Å². The topological polar surface area (TPSA) is 102 Å². The van der Waals surface area contributed by atoms with E-state index in [1.54, 1.807) is 66.7 Å². The summed E-state index contributed by atoms with van der Waals surface area (Å²) in [6.45, 7) is 0. The zero-order valence-corrected chi connectivity index (χ0v) is 17.3. The van der Waals surface area contributed by atoms with Crippen LogP contribution in [-0.2, 0) is 19.4 Å². The molecule has 1 aliphatic heterocycles. The number of para-hydroxylation sites is 1. The van der Waals surface area contributed by atoms with E-state index >= 15 is 0 Å². The molecule has 3 aromatic rings. The molecule has 156 valence electrons. The maximum absolute atomic E-state index is 13.2. The van der Waals surface area contributed by atoms with Crippen molar-refractivity contribution in [3.8, 4) is 0 Å². The van der Waals surface area contributed by atoms with Gasteiger partial charge in [0.1, 0.15) is 0 Å². The summed E-state index contributed by atoms with van der Waals surface area (Å²) < 4.78 is 31.1. The molecule has 0 aliphatic carbocycles. The van der Waals surface area contributed by atoms with Crippen molar-refractivity contribution in [2.24, 2.45) is 0 Å². The minimum Gasteiger partial charge on any atom is -0.465 e. The molecule has 31 heavy (non-hydrogen) atoms. The Kier molecular flexibility index (Phi) is 5.31. The molecule has 0 unspecified atom stereocenters. The Balaban J connectivity index is 1.81. The Morgan fingerprint density at radius 2 is 1.52 bits per heavy atom. The highest BCUT2D eigenvalue weighted by Gasteiger charge is 2.40. The lowest BCUT2D eigenvalue weighted by molar-refractivity contribution is -0.112. The molecule has 1 heterocycles. The van der Waals surface area contributed by atoms with Gasteiger partial charge in [-0.05, 0) is 36.4 Å². The molecule has 3 aromatic carbocycles. The molecule has 0 aromatic heterocycles. The predicted octanol–water partition coefficient (Wildman–Crippen LogP) is 3.68. The Labute approximate surface area is 179 Å². The third-order valence-corrected chi connectivity index (χ3v) is 6.59. The molecular weight excluding hydrogens is 416 g/mol. The second-order valence-electron chi connectivity index (χ2n) is 6.72. The van der Waals surface area contributed by atoms with E-state index in [4.69, 9.17) is 4.74 Å². The van der Waals surface area contributed by atoms with E-state index < -0.39 is 21.7 Å². The molecule has 1 amide bonds. The zero-order chi connectivity index (χ0) is 22.0. The molecule has 0 atom stereocenters. The lowest BCUT2D eigenvalue weighted by Crippen LogP contribution is -2.20. The van der Waals surface area contributed by atoms with Gasteiger partial charge in [-0.15, -0.1) is 0 Å². The number of carbonyl (C=O) groups is 2. The number of rotatable bonds is 5. The highest BCUT2D eigenvalue weighted by molar-refractivity contribution is 7.97. The van der Waals surface area contributed by atoms with Gasteiger partial charge in [0.25, 0.3) is 5.91 Å². The molecule has 1 aliphatic rings. The number of benzene rings is 3. The quantitative estimate of drug-likeness (QED) is 0.594. The summed E-state index contributed by atoms with van der Waals surface area (Å²) in [5.74, 6) is -1.28. The SMILES string of the molecule is COC(=O)c1cccc(NC2=C(C(=O)Nc3ccccc3)S(=O)(=O)c3ccccc32)c1. The van der Waals surface area contributed by atoms with Crippen molar-refractivity contribution in [1.82, 2.24) is 0 Å². The van der Waals surface area contributed by atoms with Crippen LogP contribution in [0.3, 0.4) is 0 Å². The van der Waals surface area contributed by atoms with Crippen molar-refractivity contribution >= 4 is 38.8 Å². The monoisotopic (exact) mass is 434 g/mol. The fraction of sp³-hybridized carbons (Fsp3) is 0.0435. The minimum absolute atomic E-state index is 0.0415. The lowest BCUT2D eigenvalue weighted by Gasteiger charge is -2.12. The van der Waals surface area contributed by atoms with E-state index in [1.165, 1.54) is 19.2 Å². The summed E-state index contributed by atoms with van der Waals surface area (Å²) in [7, 11) is -2.78. The Bertz CT molecular complexity index is 1310. The van der Waals surface area contributed by atoms with E-state index in [1.807, 2.05) is 0 Å². The van der Waals surface area contributed by atoms with Gasteiger partial charge in [-0.25, -0.2) is 13.2 Å². The number of fused-ring (bicyclic) bond motifs is 1. The molecule has 0 saturated heterocycles. The standard InChI is InChI=1S/C23H18N2O5S/c1-30-23(27)15-8-7-11-17(14-15)24-20-18-12-5-6-13-19(18)31(28,29)21(20)22(26)25-16-9-3-2-4-10-16/h2-14,24H,1H3,(H,25,26). The van der Waals surface area contributed by atoms with Crippen LogP contribution in [0.4, 0.5) is 11.4 Å². The van der Waals surface area contributed by atoms with Crippen molar-refractivity contribution in [2.75, 3.05) is 17.7 Å². The van der Waals surface area contributed by atoms with Crippen LogP contribution in [0.2, 0.25) is 0 Å². The first kappa shape index (κ1) is 20.4. The van der Waals surface area contributed by atoms with Gasteiger partial charge in [0, 0.05) is 16.9 Å². The molecule has 7 nitrogen and oxygen atoms in total. The van der Waals surface area contributed by atoms with Gasteiger partial charge in [-0.2, -0.15) is 0 Å². The van der Waals surface area contributed by atoms with Gasteiger partial charge < -0.3 is 15.4 Å². The number of amides is 1. The second kappa shape index (κ2) is 8.08. The maximum Gasteiger partial charge on any atom is 0.337 e. The minimum atomic E-state index is -4.05. The highest BCUT2D eigenvalue weighted by atomic mass is 32.2. The summed E-state index contributed by atoms with van der Waals surface area (Å²) in [6, 6.07) is 21.4. The molecule has 2 N–H and O–H groups in total. The van der Waals surface area contributed by atoms with Crippen LogP contribution in [-0.4, -0.2) is 27.4 Å². The lowest BCUT2D eigenvalue weighted by atomic mass is 10.1. The molecular formula is C23H18N2O5S. The number of hydrogen-bond acceptors (Lipinski definition) is 6. The van der Waals surface area contributed by atoms with Gasteiger partial charge in [-0.1, -0.05) is 42.5 Å². The summed E-state index contributed by atoms with van der Waals surface area (Å²) >= 11 is 0. The van der Waals surface area contributed by atoms with E-state index in [9.17, 15) is 18.0 Å². The summed E-state index contributed by atoms with van der Waals surface area (Å²) in [5.41, 5.74) is 1.72. The fourth-order valence-corrected chi connectivity index (χ4v) is 4.99. The number of sulfone groups is 1. The number of hydrogen-bond donors (Lipinski definition) is 2. The van der Waals surface area contributed by atoms with E-state index in [2.05, 4.69) is 10.6 Å². The molecule has 0 bridgehead atoms. The predicted molar refractivity (Wildman–Crippen MR) is 117 cm³/mol. The summed E-state index contributed by atoms with van der Waals surface area (Å²) in [6.07, 6.45) is 0. The van der Waals surface area contributed by atoms with Crippen LogP contribution in [0.25, 0.3) is 5.70 Å². The first-order valence-electron chi connectivity index (χ1n) is 9.32. The van der Waals surface area contributed by atoms with Gasteiger partial charge in [-0.3, -0.25) is 4.79 Å². The number of nitrogens with one attached hydrogen (secondary N) is 2. The van der Waals surface area contributed by atoms with Crippen molar-refractivity contribution in [3.05, 3.63) is 94.9 Å². The number of methoxy groups -OCH3 is 1.